The van der Waals surface area contributed by atoms with Gasteiger partial charge in [-0.05, 0) is 25.0 Å². The zero-order chi connectivity index (χ0) is 21.4. The Kier molecular flexibility index (Phi) is 8.05. The maximum Gasteiger partial charge on any atom is 0.414 e. The van der Waals surface area contributed by atoms with E-state index in [1.54, 1.807) is 0 Å². The first-order chi connectivity index (χ1) is 13.8. The van der Waals surface area contributed by atoms with E-state index in [9.17, 15) is 4.79 Å². The number of rotatable bonds is 4. The second-order valence-electron chi connectivity index (χ2n) is 6.48. The highest BCUT2D eigenvalue weighted by Gasteiger charge is 2.17. The first-order valence-corrected chi connectivity index (χ1v) is 9.27. The van der Waals surface area contributed by atoms with E-state index in [0.29, 0.717) is 19.8 Å². The number of carboxylic acid groups (broad SMARTS) is 2. The van der Waals surface area contributed by atoms with Crippen LogP contribution in [0.3, 0.4) is 0 Å². The highest BCUT2D eigenvalue weighted by Crippen LogP contribution is 2.28. The van der Waals surface area contributed by atoms with Crippen LogP contribution in [0.15, 0.2) is 24.3 Å². The van der Waals surface area contributed by atoms with Crippen LogP contribution < -0.4 is 5.32 Å². The van der Waals surface area contributed by atoms with Crippen LogP contribution in [0.4, 0.5) is 5.69 Å². The first kappa shape index (κ1) is 22.3. The van der Waals surface area contributed by atoms with E-state index >= 15 is 0 Å². The zero-order valence-corrected chi connectivity index (χ0v) is 16.5. The van der Waals surface area contributed by atoms with Crippen molar-refractivity contribution < 1.29 is 29.3 Å². The Morgan fingerprint density at radius 2 is 1.76 bits per heavy atom. The molecular weight excluding hydrogens is 378 g/mol. The van der Waals surface area contributed by atoms with Crippen LogP contribution in [0.25, 0.3) is 10.9 Å². The van der Waals surface area contributed by atoms with Gasteiger partial charge in [-0.2, -0.15) is 0 Å². The van der Waals surface area contributed by atoms with Crippen molar-refractivity contribution in [2.75, 3.05) is 38.2 Å². The number of fused-ring (bicyclic) bond motifs is 1. The summed E-state index contributed by atoms with van der Waals surface area (Å²) in [4.78, 5) is 37.5. The Balaban J connectivity index is 0.000000438. The van der Waals surface area contributed by atoms with Crippen LogP contribution in [0.2, 0.25) is 0 Å². The molecule has 3 rings (SSSR count). The number of pyridine rings is 1. The lowest BCUT2D eigenvalue weighted by atomic mass is 10.1. The van der Waals surface area contributed by atoms with Gasteiger partial charge in [0.2, 0.25) is 5.91 Å². The summed E-state index contributed by atoms with van der Waals surface area (Å²) in [6, 6.07) is 7.96. The molecule has 1 aliphatic heterocycles. The number of nitrogens with one attached hydrogen (secondary N) is 1. The molecule has 9 nitrogen and oxygen atoms in total. The van der Waals surface area contributed by atoms with E-state index in [-0.39, 0.29) is 5.91 Å². The molecule has 0 saturated carbocycles. The number of aryl methyl sites for hydroxylation is 1. The van der Waals surface area contributed by atoms with Gasteiger partial charge in [-0.1, -0.05) is 25.1 Å². The SMILES string of the molecule is CCc1nc2ccccc2c(NC(=O)CN2CCOCC2)c1C.O=C(O)C(=O)O. The van der Waals surface area contributed by atoms with Gasteiger partial charge >= 0.3 is 11.9 Å². The van der Waals surface area contributed by atoms with Gasteiger partial charge < -0.3 is 20.3 Å². The van der Waals surface area contributed by atoms with Crippen LogP contribution >= 0.6 is 0 Å². The van der Waals surface area contributed by atoms with Crippen LogP contribution in [0, 0.1) is 6.92 Å². The molecule has 1 fully saturated rings. The minimum atomic E-state index is -1.82. The Labute approximate surface area is 168 Å². The Hall–Kier alpha value is -3.04. The molecule has 1 aromatic heterocycles. The fourth-order valence-electron chi connectivity index (χ4n) is 3.00. The molecule has 1 amide bonds. The standard InChI is InChI=1S/C18H23N3O2.C2H2O4/c1-3-15-13(2)18(14-6-4-5-7-16(14)19-15)20-17(22)12-21-8-10-23-11-9-21;3-1(4)2(5)6/h4-7H,3,8-12H2,1-2H3,(H,19,20,22);(H,3,4)(H,5,6). The van der Waals surface area contributed by atoms with Gasteiger partial charge in [-0.3, -0.25) is 14.7 Å². The van der Waals surface area contributed by atoms with Gasteiger partial charge in [0.15, 0.2) is 0 Å². The molecule has 1 aliphatic rings. The van der Waals surface area contributed by atoms with Crippen molar-refractivity contribution in [1.29, 1.82) is 0 Å². The third-order valence-electron chi connectivity index (χ3n) is 4.49. The molecule has 0 radical (unpaired) electrons. The summed E-state index contributed by atoms with van der Waals surface area (Å²) < 4.78 is 5.32. The summed E-state index contributed by atoms with van der Waals surface area (Å²) in [7, 11) is 0. The number of hydrogen-bond donors (Lipinski definition) is 3. The predicted octanol–water partition coefficient (Wildman–Crippen LogP) is 1.53. The van der Waals surface area contributed by atoms with E-state index in [2.05, 4.69) is 17.1 Å². The number of nitrogens with zero attached hydrogens (tertiary/aromatic N) is 2. The van der Waals surface area contributed by atoms with Crippen LogP contribution in [-0.4, -0.2) is 70.8 Å². The smallest absolute Gasteiger partial charge is 0.414 e. The van der Waals surface area contributed by atoms with Gasteiger partial charge in [0.05, 0.1) is 31.0 Å². The van der Waals surface area contributed by atoms with Gasteiger partial charge in [-0.15, -0.1) is 0 Å². The molecule has 1 saturated heterocycles. The molecule has 29 heavy (non-hydrogen) atoms. The lowest BCUT2D eigenvalue weighted by Crippen LogP contribution is -2.41. The summed E-state index contributed by atoms with van der Waals surface area (Å²) >= 11 is 0. The largest absolute Gasteiger partial charge is 0.473 e. The van der Waals surface area contributed by atoms with Crippen molar-refractivity contribution in [2.45, 2.75) is 20.3 Å². The Bertz CT molecular complexity index is 881. The molecule has 2 aromatic rings. The highest BCUT2D eigenvalue weighted by molar-refractivity contribution is 6.27. The minimum Gasteiger partial charge on any atom is -0.473 e. The topological polar surface area (TPSA) is 129 Å². The van der Waals surface area contributed by atoms with E-state index in [1.165, 1.54) is 0 Å². The van der Waals surface area contributed by atoms with E-state index in [4.69, 9.17) is 29.5 Å². The normalized spacial score (nSPS) is 14.0. The van der Waals surface area contributed by atoms with Crippen molar-refractivity contribution >= 4 is 34.4 Å². The number of aliphatic carboxylic acids is 2. The number of carbonyl (C=O) groups excluding carboxylic acids is 1. The van der Waals surface area contributed by atoms with Crippen LogP contribution in [0.1, 0.15) is 18.2 Å². The average molecular weight is 403 g/mol. The van der Waals surface area contributed by atoms with Crippen molar-refractivity contribution in [2.24, 2.45) is 0 Å². The fourth-order valence-corrected chi connectivity index (χ4v) is 3.00. The number of aromatic nitrogens is 1. The molecule has 9 heteroatoms. The van der Waals surface area contributed by atoms with Gasteiger partial charge in [0.1, 0.15) is 0 Å². The number of hydrogen-bond acceptors (Lipinski definition) is 6. The number of benzene rings is 1. The number of morpholine rings is 1. The van der Waals surface area contributed by atoms with Gasteiger partial charge in [0.25, 0.3) is 0 Å². The Morgan fingerprint density at radius 1 is 1.14 bits per heavy atom. The summed E-state index contributed by atoms with van der Waals surface area (Å²) in [6.45, 7) is 7.54. The molecule has 3 N–H and O–H groups in total. The number of carbonyl (C=O) groups is 3. The minimum absolute atomic E-state index is 0.0217. The summed E-state index contributed by atoms with van der Waals surface area (Å²) in [5, 5.41) is 18.9. The number of para-hydroxylation sites is 1. The summed E-state index contributed by atoms with van der Waals surface area (Å²) in [6.07, 6.45) is 0.850. The van der Waals surface area contributed by atoms with Crippen LogP contribution in [0.5, 0.6) is 0 Å². The van der Waals surface area contributed by atoms with E-state index in [1.807, 2.05) is 31.2 Å². The molecule has 0 spiro atoms. The number of amides is 1. The lowest BCUT2D eigenvalue weighted by molar-refractivity contribution is -0.159. The van der Waals surface area contributed by atoms with E-state index in [0.717, 1.165) is 47.4 Å². The highest BCUT2D eigenvalue weighted by atomic mass is 16.5. The van der Waals surface area contributed by atoms with Gasteiger partial charge in [0, 0.05) is 24.2 Å². The Morgan fingerprint density at radius 3 is 2.34 bits per heavy atom. The quantitative estimate of drug-likeness (QED) is 0.656. The van der Waals surface area contributed by atoms with Crippen molar-refractivity contribution in [3.05, 3.63) is 35.5 Å². The molecule has 156 valence electrons. The van der Waals surface area contributed by atoms with Crippen LogP contribution in [-0.2, 0) is 25.5 Å². The van der Waals surface area contributed by atoms with Crippen molar-refractivity contribution in [1.82, 2.24) is 9.88 Å². The molecular formula is C20H25N3O6. The maximum atomic E-state index is 12.5. The molecule has 2 heterocycles. The number of anilines is 1. The van der Waals surface area contributed by atoms with E-state index < -0.39 is 11.9 Å². The molecule has 0 bridgehead atoms. The molecule has 1 aromatic carbocycles. The number of carboxylic acids is 2. The molecule has 0 atom stereocenters. The monoisotopic (exact) mass is 403 g/mol. The molecule has 0 aliphatic carbocycles. The fraction of sp³-hybridized carbons (Fsp3) is 0.400. The maximum absolute atomic E-state index is 12.5. The summed E-state index contributed by atoms with van der Waals surface area (Å²) in [5.74, 6) is -3.63. The third kappa shape index (κ3) is 6.23. The second-order valence-corrected chi connectivity index (χ2v) is 6.48. The summed E-state index contributed by atoms with van der Waals surface area (Å²) in [5.41, 5.74) is 3.91. The molecule has 0 unspecified atom stereocenters. The zero-order valence-electron chi connectivity index (χ0n) is 16.5. The van der Waals surface area contributed by atoms with Crippen molar-refractivity contribution in [3.8, 4) is 0 Å². The predicted molar refractivity (Wildman–Crippen MR) is 107 cm³/mol. The number of ether oxygens (including phenoxy) is 1. The second kappa shape index (κ2) is 10.5. The van der Waals surface area contributed by atoms with Gasteiger partial charge in [-0.25, -0.2) is 9.59 Å². The average Bonchev–Trinajstić information content (AvgIpc) is 2.71. The van der Waals surface area contributed by atoms with Crippen molar-refractivity contribution in [3.63, 3.8) is 0 Å². The lowest BCUT2D eigenvalue weighted by Gasteiger charge is -2.26. The third-order valence-corrected chi connectivity index (χ3v) is 4.49. The first-order valence-electron chi connectivity index (χ1n) is 9.27.